The molecule has 0 atom stereocenters. The molecule has 0 bridgehead atoms. The van der Waals surface area contributed by atoms with Gasteiger partial charge in [-0.15, -0.1) is 0 Å². The molecule has 2 amide bonds. The molecular weight excluding hydrogens is 312 g/mol. The van der Waals surface area contributed by atoms with Crippen molar-refractivity contribution in [3.05, 3.63) is 34.9 Å². The number of amides is 2. The molecule has 4 nitrogen and oxygen atoms in total. The zero-order valence-corrected chi connectivity index (χ0v) is 14.1. The standard InChI is InChI=1S/C18H23ClN2O2/c19-16-8-4-3-7-15(16)13-17(22)20-9-11-21(12-10-20)18(23)14-5-1-2-6-14/h3-4,7-8,14H,1-2,5-6,9-13H2. The van der Waals surface area contributed by atoms with Crippen LogP contribution in [-0.4, -0.2) is 47.8 Å². The molecule has 2 aliphatic rings. The molecule has 2 fully saturated rings. The third-order valence-corrected chi connectivity index (χ3v) is 5.32. The summed E-state index contributed by atoms with van der Waals surface area (Å²) in [5.74, 6) is 0.604. The predicted octanol–water partition coefficient (Wildman–Crippen LogP) is 2.74. The third kappa shape index (κ3) is 3.86. The molecule has 1 heterocycles. The van der Waals surface area contributed by atoms with Gasteiger partial charge in [0.15, 0.2) is 0 Å². The second-order valence-corrected chi connectivity index (χ2v) is 6.86. The molecule has 1 aromatic carbocycles. The summed E-state index contributed by atoms with van der Waals surface area (Å²) in [6, 6.07) is 7.46. The van der Waals surface area contributed by atoms with Gasteiger partial charge in [-0.05, 0) is 24.5 Å². The normalized spacial score (nSPS) is 19.2. The summed E-state index contributed by atoms with van der Waals surface area (Å²) >= 11 is 6.12. The molecule has 1 saturated heterocycles. The monoisotopic (exact) mass is 334 g/mol. The lowest BCUT2D eigenvalue weighted by Crippen LogP contribution is -2.52. The van der Waals surface area contributed by atoms with E-state index in [1.807, 2.05) is 34.1 Å². The Bertz CT molecular complexity index is 576. The molecule has 0 radical (unpaired) electrons. The van der Waals surface area contributed by atoms with Gasteiger partial charge in [-0.25, -0.2) is 0 Å². The Morgan fingerprint density at radius 3 is 2.26 bits per heavy atom. The summed E-state index contributed by atoms with van der Waals surface area (Å²) in [7, 11) is 0. The van der Waals surface area contributed by atoms with Crippen LogP contribution in [0.2, 0.25) is 5.02 Å². The Balaban J connectivity index is 1.51. The first-order chi connectivity index (χ1) is 11.1. The number of carbonyl (C=O) groups excluding carboxylic acids is 2. The Morgan fingerprint density at radius 1 is 1.00 bits per heavy atom. The van der Waals surface area contributed by atoms with Crippen molar-refractivity contribution in [2.24, 2.45) is 5.92 Å². The number of benzene rings is 1. The molecule has 1 aliphatic carbocycles. The minimum atomic E-state index is 0.0889. The van der Waals surface area contributed by atoms with E-state index in [-0.39, 0.29) is 11.8 Å². The highest BCUT2D eigenvalue weighted by Gasteiger charge is 2.30. The van der Waals surface area contributed by atoms with Crippen molar-refractivity contribution in [3.63, 3.8) is 0 Å². The largest absolute Gasteiger partial charge is 0.339 e. The predicted molar refractivity (Wildman–Crippen MR) is 90.3 cm³/mol. The Kier molecular flexibility index (Phi) is 5.21. The maximum atomic E-state index is 12.4. The Hall–Kier alpha value is -1.55. The van der Waals surface area contributed by atoms with Crippen molar-refractivity contribution in [1.29, 1.82) is 0 Å². The molecular formula is C18H23ClN2O2. The lowest BCUT2D eigenvalue weighted by molar-refractivity contribution is -0.141. The quantitative estimate of drug-likeness (QED) is 0.852. The molecule has 0 N–H and O–H groups in total. The lowest BCUT2D eigenvalue weighted by Gasteiger charge is -2.36. The number of nitrogens with zero attached hydrogens (tertiary/aromatic N) is 2. The van der Waals surface area contributed by atoms with Gasteiger partial charge in [0.05, 0.1) is 6.42 Å². The van der Waals surface area contributed by atoms with Crippen LogP contribution in [0.5, 0.6) is 0 Å². The van der Waals surface area contributed by atoms with Crippen molar-refractivity contribution >= 4 is 23.4 Å². The number of hydrogen-bond donors (Lipinski definition) is 0. The summed E-state index contributed by atoms with van der Waals surface area (Å²) in [4.78, 5) is 28.6. The maximum Gasteiger partial charge on any atom is 0.227 e. The fraction of sp³-hybridized carbons (Fsp3) is 0.556. The van der Waals surface area contributed by atoms with Crippen molar-refractivity contribution in [2.45, 2.75) is 32.1 Å². The smallest absolute Gasteiger partial charge is 0.227 e. The summed E-state index contributed by atoms with van der Waals surface area (Å²) in [5.41, 5.74) is 0.864. The number of rotatable bonds is 3. The highest BCUT2D eigenvalue weighted by Crippen LogP contribution is 2.27. The molecule has 0 spiro atoms. The van der Waals surface area contributed by atoms with E-state index in [9.17, 15) is 9.59 Å². The SMILES string of the molecule is O=C(Cc1ccccc1Cl)N1CCN(C(=O)C2CCCC2)CC1. The third-order valence-electron chi connectivity index (χ3n) is 4.95. The van der Waals surface area contributed by atoms with Crippen LogP contribution in [0.4, 0.5) is 0 Å². The van der Waals surface area contributed by atoms with E-state index in [1.165, 1.54) is 12.8 Å². The van der Waals surface area contributed by atoms with Crippen LogP contribution >= 0.6 is 11.6 Å². The van der Waals surface area contributed by atoms with Crippen LogP contribution in [0.25, 0.3) is 0 Å². The molecule has 1 aliphatic heterocycles. The van der Waals surface area contributed by atoms with Crippen molar-refractivity contribution < 1.29 is 9.59 Å². The molecule has 0 aromatic heterocycles. The summed E-state index contributed by atoms with van der Waals surface area (Å²) in [6.45, 7) is 2.57. The van der Waals surface area contributed by atoms with Gasteiger partial charge in [0.2, 0.25) is 11.8 Å². The van der Waals surface area contributed by atoms with Crippen molar-refractivity contribution in [2.75, 3.05) is 26.2 Å². The first-order valence-electron chi connectivity index (χ1n) is 8.45. The zero-order valence-electron chi connectivity index (χ0n) is 13.3. The molecule has 124 valence electrons. The lowest BCUT2D eigenvalue weighted by atomic mass is 10.1. The summed E-state index contributed by atoms with van der Waals surface area (Å²) in [5, 5.41) is 0.635. The molecule has 5 heteroatoms. The number of hydrogen-bond acceptors (Lipinski definition) is 2. The van der Waals surface area contributed by atoms with Crippen LogP contribution in [0.3, 0.4) is 0 Å². The van der Waals surface area contributed by atoms with Crippen LogP contribution in [-0.2, 0) is 16.0 Å². The van der Waals surface area contributed by atoms with Gasteiger partial charge in [-0.2, -0.15) is 0 Å². The van der Waals surface area contributed by atoms with Gasteiger partial charge in [0.25, 0.3) is 0 Å². The number of piperazine rings is 1. The first-order valence-corrected chi connectivity index (χ1v) is 8.83. The minimum absolute atomic E-state index is 0.0889. The number of carbonyl (C=O) groups is 2. The van der Waals surface area contributed by atoms with Crippen LogP contribution in [0.1, 0.15) is 31.2 Å². The van der Waals surface area contributed by atoms with Crippen LogP contribution in [0, 0.1) is 5.92 Å². The van der Waals surface area contributed by atoms with Gasteiger partial charge in [-0.1, -0.05) is 42.6 Å². The van der Waals surface area contributed by atoms with Gasteiger partial charge in [-0.3, -0.25) is 9.59 Å². The summed E-state index contributed by atoms with van der Waals surface area (Å²) in [6.07, 6.45) is 4.74. The van der Waals surface area contributed by atoms with Crippen molar-refractivity contribution in [3.8, 4) is 0 Å². The highest BCUT2D eigenvalue weighted by atomic mass is 35.5. The maximum absolute atomic E-state index is 12.4. The first kappa shape index (κ1) is 16.3. The Labute approximate surface area is 142 Å². The zero-order chi connectivity index (χ0) is 16.2. The summed E-state index contributed by atoms with van der Waals surface area (Å²) < 4.78 is 0. The second-order valence-electron chi connectivity index (χ2n) is 6.46. The fourth-order valence-corrected chi connectivity index (χ4v) is 3.73. The van der Waals surface area contributed by atoms with Gasteiger partial charge in [0, 0.05) is 37.1 Å². The van der Waals surface area contributed by atoms with E-state index < -0.39 is 0 Å². The van der Waals surface area contributed by atoms with E-state index >= 15 is 0 Å². The number of halogens is 1. The van der Waals surface area contributed by atoms with Crippen LogP contribution in [0.15, 0.2) is 24.3 Å². The topological polar surface area (TPSA) is 40.6 Å². The molecule has 1 aromatic rings. The van der Waals surface area contributed by atoms with E-state index in [0.717, 1.165) is 18.4 Å². The van der Waals surface area contributed by atoms with Gasteiger partial charge >= 0.3 is 0 Å². The average molecular weight is 335 g/mol. The fourth-order valence-electron chi connectivity index (χ4n) is 3.52. The second kappa shape index (κ2) is 7.35. The van der Waals surface area contributed by atoms with Gasteiger partial charge < -0.3 is 9.80 Å². The van der Waals surface area contributed by atoms with E-state index in [0.29, 0.717) is 43.5 Å². The molecule has 3 rings (SSSR count). The highest BCUT2D eigenvalue weighted by molar-refractivity contribution is 6.31. The van der Waals surface area contributed by atoms with Crippen LogP contribution < -0.4 is 0 Å². The molecule has 0 unspecified atom stereocenters. The Morgan fingerprint density at radius 2 is 1.61 bits per heavy atom. The van der Waals surface area contributed by atoms with E-state index in [1.54, 1.807) is 0 Å². The molecule has 1 saturated carbocycles. The van der Waals surface area contributed by atoms with Gasteiger partial charge in [0.1, 0.15) is 0 Å². The average Bonchev–Trinajstić information content (AvgIpc) is 3.11. The minimum Gasteiger partial charge on any atom is -0.339 e. The van der Waals surface area contributed by atoms with Crippen molar-refractivity contribution in [1.82, 2.24) is 9.80 Å². The van der Waals surface area contributed by atoms with E-state index in [2.05, 4.69) is 0 Å². The molecule has 23 heavy (non-hydrogen) atoms. The van der Waals surface area contributed by atoms with E-state index in [4.69, 9.17) is 11.6 Å².